The lowest BCUT2D eigenvalue weighted by Crippen LogP contribution is -2.37. The van der Waals surface area contributed by atoms with Gasteiger partial charge in [-0.2, -0.15) is 0 Å². The van der Waals surface area contributed by atoms with Crippen LogP contribution in [0, 0.1) is 5.92 Å². The summed E-state index contributed by atoms with van der Waals surface area (Å²) in [6, 6.07) is 26.5. The maximum atomic E-state index is 13.0. The second-order valence-corrected chi connectivity index (χ2v) is 8.35. The lowest BCUT2D eigenvalue weighted by Gasteiger charge is -2.20. The Morgan fingerprint density at radius 2 is 1.25 bits per heavy atom. The molecule has 32 heavy (non-hydrogen) atoms. The smallest absolute Gasteiger partial charge is 0.251 e. The molecule has 0 aliphatic heterocycles. The van der Waals surface area contributed by atoms with Crippen LogP contribution in [0.2, 0.25) is 0 Å². The zero-order chi connectivity index (χ0) is 22.9. The summed E-state index contributed by atoms with van der Waals surface area (Å²) in [6.45, 7) is 6.06. The van der Waals surface area contributed by atoms with Gasteiger partial charge in [-0.15, -0.1) is 0 Å². The fourth-order valence-electron chi connectivity index (χ4n) is 3.48. The van der Waals surface area contributed by atoms with E-state index in [0.717, 1.165) is 11.3 Å². The molecule has 0 fully saturated rings. The van der Waals surface area contributed by atoms with Gasteiger partial charge in [0.1, 0.15) is 6.04 Å². The normalized spacial score (nSPS) is 12.6. The molecule has 0 spiro atoms. The van der Waals surface area contributed by atoms with Crippen molar-refractivity contribution < 1.29 is 9.59 Å². The first-order valence-electron chi connectivity index (χ1n) is 11.0. The summed E-state index contributed by atoms with van der Waals surface area (Å²) in [6.07, 6.45) is 0.372. The molecule has 0 aromatic heterocycles. The Kier molecular flexibility index (Phi) is 8.03. The first kappa shape index (κ1) is 23.1. The Hall–Kier alpha value is -3.60. The topological polar surface area (TPSA) is 70.2 Å². The molecule has 0 aliphatic rings. The lowest BCUT2D eigenvalue weighted by atomic mass is 10.0. The highest BCUT2D eigenvalue weighted by molar-refractivity contribution is 5.98. The molecule has 0 heterocycles. The number of anilines is 2. The van der Waals surface area contributed by atoms with Gasteiger partial charge in [0.15, 0.2) is 0 Å². The monoisotopic (exact) mass is 429 g/mol. The minimum Gasteiger partial charge on any atom is -0.379 e. The van der Waals surface area contributed by atoms with E-state index in [9.17, 15) is 9.59 Å². The maximum absolute atomic E-state index is 13.0. The van der Waals surface area contributed by atoms with Gasteiger partial charge in [-0.1, -0.05) is 74.5 Å². The van der Waals surface area contributed by atoms with Crippen LogP contribution in [-0.4, -0.2) is 11.8 Å². The van der Waals surface area contributed by atoms with E-state index in [1.807, 2.05) is 86.6 Å². The number of nitrogens with one attached hydrogen (secondary N) is 3. The summed E-state index contributed by atoms with van der Waals surface area (Å²) in [5, 5.41) is 9.27. The van der Waals surface area contributed by atoms with Crippen molar-refractivity contribution in [2.45, 2.75) is 39.3 Å². The zero-order valence-electron chi connectivity index (χ0n) is 18.8. The summed E-state index contributed by atoms with van der Waals surface area (Å²) in [5.41, 5.74) is 3.58. The molecule has 166 valence electrons. The van der Waals surface area contributed by atoms with Gasteiger partial charge in [0, 0.05) is 23.8 Å². The summed E-state index contributed by atoms with van der Waals surface area (Å²) < 4.78 is 0. The molecular weight excluding hydrogens is 398 g/mol. The lowest BCUT2D eigenvalue weighted by molar-refractivity contribution is -0.127. The Morgan fingerprint density at radius 3 is 1.81 bits per heavy atom. The van der Waals surface area contributed by atoms with Crippen LogP contribution in [0.15, 0.2) is 84.9 Å². The van der Waals surface area contributed by atoms with E-state index < -0.39 is 6.04 Å². The van der Waals surface area contributed by atoms with E-state index in [1.54, 1.807) is 0 Å². The molecule has 0 saturated heterocycles. The predicted molar refractivity (Wildman–Crippen MR) is 130 cm³/mol. The highest BCUT2D eigenvalue weighted by Gasteiger charge is 2.23. The van der Waals surface area contributed by atoms with Crippen LogP contribution in [-0.2, 0) is 9.59 Å². The van der Waals surface area contributed by atoms with Gasteiger partial charge in [-0.25, -0.2) is 0 Å². The van der Waals surface area contributed by atoms with Crippen LogP contribution in [0.25, 0.3) is 0 Å². The molecule has 5 heteroatoms. The molecule has 0 saturated carbocycles. The van der Waals surface area contributed by atoms with Crippen molar-refractivity contribution in [1.82, 2.24) is 5.32 Å². The fourth-order valence-corrected chi connectivity index (χ4v) is 3.48. The molecule has 0 radical (unpaired) electrons. The molecule has 0 bridgehead atoms. The molecule has 3 aromatic rings. The third kappa shape index (κ3) is 6.71. The highest BCUT2D eigenvalue weighted by atomic mass is 16.2. The molecule has 2 unspecified atom stereocenters. The van der Waals surface area contributed by atoms with Crippen molar-refractivity contribution in [3.8, 4) is 0 Å². The SMILES string of the molecule is CC(C)CC(=O)NC(C(=O)Nc1ccc(NC(C)c2ccccc2)cc1)c1ccccc1. The molecule has 3 N–H and O–H groups in total. The van der Waals surface area contributed by atoms with E-state index in [2.05, 4.69) is 35.0 Å². The van der Waals surface area contributed by atoms with Crippen LogP contribution in [0.4, 0.5) is 11.4 Å². The van der Waals surface area contributed by atoms with Crippen LogP contribution in [0.1, 0.15) is 50.4 Å². The van der Waals surface area contributed by atoms with Crippen LogP contribution < -0.4 is 16.0 Å². The van der Waals surface area contributed by atoms with E-state index in [0.29, 0.717) is 12.1 Å². The standard InChI is InChI=1S/C27H31N3O2/c1-19(2)18-25(31)30-26(22-12-8-5-9-13-22)27(32)29-24-16-14-23(15-17-24)28-20(3)21-10-6-4-7-11-21/h4-17,19-20,26,28H,18H2,1-3H3,(H,29,32)(H,30,31). The van der Waals surface area contributed by atoms with Crippen LogP contribution >= 0.6 is 0 Å². The quantitative estimate of drug-likeness (QED) is 0.408. The summed E-state index contributed by atoms with van der Waals surface area (Å²) >= 11 is 0. The van der Waals surface area contributed by atoms with Gasteiger partial charge in [0.05, 0.1) is 0 Å². The second-order valence-electron chi connectivity index (χ2n) is 8.35. The summed E-state index contributed by atoms with van der Waals surface area (Å²) in [4.78, 5) is 25.4. The van der Waals surface area contributed by atoms with Gasteiger partial charge in [-0.3, -0.25) is 9.59 Å². The van der Waals surface area contributed by atoms with Crippen LogP contribution in [0.5, 0.6) is 0 Å². The summed E-state index contributed by atoms with van der Waals surface area (Å²) in [7, 11) is 0. The second kappa shape index (κ2) is 11.1. The molecular formula is C27H31N3O2. The Morgan fingerprint density at radius 1 is 0.719 bits per heavy atom. The van der Waals surface area contributed by atoms with Gasteiger partial charge in [0.2, 0.25) is 5.91 Å². The van der Waals surface area contributed by atoms with Gasteiger partial charge in [0.25, 0.3) is 5.91 Å². The average molecular weight is 430 g/mol. The fraction of sp³-hybridized carbons (Fsp3) is 0.259. The van der Waals surface area contributed by atoms with Gasteiger partial charge in [-0.05, 0) is 48.2 Å². The van der Waals surface area contributed by atoms with Crippen molar-refractivity contribution in [2.24, 2.45) is 5.92 Å². The first-order valence-corrected chi connectivity index (χ1v) is 11.0. The molecule has 5 nitrogen and oxygen atoms in total. The van der Waals surface area contributed by atoms with E-state index in [1.165, 1.54) is 5.56 Å². The average Bonchev–Trinajstić information content (AvgIpc) is 2.79. The Labute approximate surface area is 190 Å². The van der Waals surface area contributed by atoms with Crippen LogP contribution in [0.3, 0.4) is 0 Å². The number of benzene rings is 3. The number of amides is 2. The number of carbonyl (C=O) groups is 2. The third-order valence-electron chi connectivity index (χ3n) is 5.13. The van der Waals surface area contributed by atoms with Crippen molar-refractivity contribution in [1.29, 1.82) is 0 Å². The molecule has 0 aliphatic carbocycles. The van der Waals surface area contributed by atoms with Crippen molar-refractivity contribution in [3.05, 3.63) is 96.1 Å². The van der Waals surface area contributed by atoms with E-state index >= 15 is 0 Å². The van der Waals surface area contributed by atoms with Crippen molar-refractivity contribution in [2.75, 3.05) is 10.6 Å². The first-order chi connectivity index (χ1) is 15.4. The molecule has 3 rings (SSSR count). The van der Waals surface area contributed by atoms with Gasteiger partial charge < -0.3 is 16.0 Å². The predicted octanol–water partition coefficient (Wildman–Crippen LogP) is 5.70. The highest BCUT2D eigenvalue weighted by Crippen LogP contribution is 2.22. The summed E-state index contributed by atoms with van der Waals surface area (Å²) in [5.74, 6) is -0.196. The maximum Gasteiger partial charge on any atom is 0.251 e. The van der Waals surface area contributed by atoms with E-state index in [4.69, 9.17) is 0 Å². The molecule has 2 amide bonds. The minimum atomic E-state index is -0.752. The van der Waals surface area contributed by atoms with Crippen molar-refractivity contribution in [3.63, 3.8) is 0 Å². The molecule has 3 aromatic carbocycles. The van der Waals surface area contributed by atoms with Crippen molar-refractivity contribution >= 4 is 23.2 Å². The minimum absolute atomic E-state index is 0.140. The van der Waals surface area contributed by atoms with Gasteiger partial charge >= 0.3 is 0 Å². The zero-order valence-corrected chi connectivity index (χ0v) is 18.8. The number of hydrogen-bond acceptors (Lipinski definition) is 3. The third-order valence-corrected chi connectivity index (χ3v) is 5.13. The van der Waals surface area contributed by atoms with E-state index in [-0.39, 0.29) is 23.8 Å². The molecule has 2 atom stereocenters. The Bertz CT molecular complexity index is 1000. The number of rotatable bonds is 9. The Balaban J connectivity index is 1.67. The largest absolute Gasteiger partial charge is 0.379 e. The number of hydrogen-bond donors (Lipinski definition) is 3. The number of carbonyl (C=O) groups excluding carboxylic acids is 2.